The number of ether oxygens (including phenoxy) is 1. The molecule has 0 radical (unpaired) electrons. The minimum atomic E-state index is -0.590. The summed E-state index contributed by atoms with van der Waals surface area (Å²) in [6.45, 7) is 5.20. The molecule has 0 spiro atoms. The number of rotatable bonds is 6. The van der Waals surface area contributed by atoms with Crippen molar-refractivity contribution in [2.45, 2.75) is 20.8 Å². The number of nitrogens with one attached hydrogen (secondary N) is 1. The molecule has 0 atom stereocenters. The lowest BCUT2D eigenvalue weighted by atomic mass is 10.2. The largest absolute Gasteiger partial charge is 0.452 e. The summed E-state index contributed by atoms with van der Waals surface area (Å²) in [5, 5.41) is 7.34. The summed E-state index contributed by atoms with van der Waals surface area (Å²) in [5.41, 5.74) is 5.83. The van der Waals surface area contributed by atoms with E-state index in [1.54, 1.807) is 16.8 Å². The topological polar surface area (TPSA) is 91.0 Å². The van der Waals surface area contributed by atoms with E-state index in [9.17, 15) is 9.59 Å². The molecule has 180 valence electrons. The first-order valence-corrected chi connectivity index (χ1v) is 11.6. The minimum Gasteiger partial charge on any atom is -0.452 e. The fraction of sp³-hybridized carbons (Fsp3) is 0.143. The van der Waals surface area contributed by atoms with Crippen LogP contribution in [0.3, 0.4) is 0 Å². The highest BCUT2D eigenvalue weighted by Crippen LogP contribution is 2.24. The summed E-state index contributed by atoms with van der Waals surface area (Å²) in [6.07, 6.45) is 0. The van der Waals surface area contributed by atoms with E-state index in [2.05, 4.69) is 15.4 Å². The van der Waals surface area contributed by atoms with Gasteiger partial charge >= 0.3 is 5.97 Å². The number of amides is 1. The van der Waals surface area contributed by atoms with Crippen molar-refractivity contribution in [3.05, 3.63) is 102 Å². The third-order valence-corrected chi connectivity index (χ3v) is 5.96. The van der Waals surface area contributed by atoms with Gasteiger partial charge in [-0.3, -0.25) is 9.36 Å². The van der Waals surface area contributed by atoms with Gasteiger partial charge in [0.25, 0.3) is 5.91 Å². The number of anilines is 1. The highest BCUT2D eigenvalue weighted by Gasteiger charge is 2.18. The van der Waals surface area contributed by atoms with Gasteiger partial charge in [0.2, 0.25) is 0 Å². The molecule has 8 heteroatoms. The molecule has 0 aliphatic rings. The number of carbonyl (C=O) groups is 2. The number of hydrogen-bond donors (Lipinski definition) is 1. The van der Waals surface area contributed by atoms with E-state index in [0.717, 1.165) is 28.4 Å². The monoisotopic (exact) mass is 479 g/mol. The highest BCUT2D eigenvalue weighted by atomic mass is 16.5. The van der Waals surface area contributed by atoms with Crippen LogP contribution in [0, 0.1) is 20.8 Å². The molecule has 2 heterocycles. The molecule has 0 unspecified atom stereocenters. The average Bonchev–Trinajstić information content (AvgIpc) is 3.38. The third kappa shape index (κ3) is 4.36. The Bertz CT molecular complexity index is 1570. The van der Waals surface area contributed by atoms with Crippen LogP contribution >= 0.6 is 0 Å². The molecular formula is C28H25N5O3. The van der Waals surface area contributed by atoms with Crippen LogP contribution in [0.25, 0.3) is 22.4 Å². The predicted molar refractivity (Wildman–Crippen MR) is 138 cm³/mol. The van der Waals surface area contributed by atoms with Gasteiger partial charge in [-0.15, -0.1) is 0 Å². The molecule has 0 saturated heterocycles. The number of nitrogens with zero attached hydrogens (tertiary/aromatic N) is 4. The van der Waals surface area contributed by atoms with Gasteiger partial charge in [0, 0.05) is 5.69 Å². The summed E-state index contributed by atoms with van der Waals surface area (Å²) >= 11 is 0. The zero-order valence-corrected chi connectivity index (χ0v) is 20.2. The standard InChI is InChI=1S/C28H25N5O3/c1-18-27(19(2)33(31-18)23-12-8-5-9-13-23)30-26(34)17-36-28(35)21-14-15-25-24(16-21)29-20(3)32(25)22-10-6-4-7-11-22/h4-16H,17H2,1-3H3,(H,30,34). The first kappa shape index (κ1) is 23.0. The predicted octanol–water partition coefficient (Wildman–Crippen LogP) is 4.93. The van der Waals surface area contributed by atoms with Crippen molar-refractivity contribution in [3.8, 4) is 11.4 Å². The van der Waals surface area contributed by atoms with Gasteiger partial charge in [-0.1, -0.05) is 36.4 Å². The molecule has 0 saturated carbocycles. The van der Waals surface area contributed by atoms with Crippen LogP contribution < -0.4 is 5.32 Å². The van der Waals surface area contributed by atoms with E-state index in [-0.39, 0.29) is 0 Å². The number of fused-ring (bicyclic) bond motifs is 1. The molecule has 8 nitrogen and oxygen atoms in total. The summed E-state index contributed by atoms with van der Waals surface area (Å²) in [5.74, 6) is -0.220. The summed E-state index contributed by atoms with van der Waals surface area (Å²) in [7, 11) is 0. The Morgan fingerprint density at radius 2 is 1.56 bits per heavy atom. The van der Waals surface area contributed by atoms with Gasteiger partial charge < -0.3 is 10.1 Å². The lowest BCUT2D eigenvalue weighted by Crippen LogP contribution is -2.21. The number of aromatic nitrogens is 4. The van der Waals surface area contributed by atoms with Crippen LogP contribution in [0.5, 0.6) is 0 Å². The third-order valence-electron chi connectivity index (χ3n) is 5.96. The van der Waals surface area contributed by atoms with Crippen LogP contribution in [0.4, 0.5) is 5.69 Å². The molecule has 1 N–H and O–H groups in total. The Labute approximate surface area is 208 Å². The molecule has 0 fully saturated rings. The number of hydrogen-bond acceptors (Lipinski definition) is 5. The van der Waals surface area contributed by atoms with Crippen molar-refractivity contribution in [2.24, 2.45) is 0 Å². The molecule has 3 aromatic carbocycles. The minimum absolute atomic E-state index is 0.331. The Balaban J connectivity index is 1.27. The zero-order chi connectivity index (χ0) is 25.2. The van der Waals surface area contributed by atoms with E-state index in [4.69, 9.17) is 4.74 Å². The maximum Gasteiger partial charge on any atom is 0.338 e. The lowest BCUT2D eigenvalue weighted by molar-refractivity contribution is -0.119. The Morgan fingerprint density at radius 3 is 2.25 bits per heavy atom. The van der Waals surface area contributed by atoms with E-state index in [1.165, 1.54) is 0 Å². The first-order chi connectivity index (χ1) is 17.4. The van der Waals surface area contributed by atoms with Crippen molar-refractivity contribution in [1.29, 1.82) is 0 Å². The fourth-order valence-electron chi connectivity index (χ4n) is 4.26. The summed E-state index contributed by atoms with van der Waals surface area (Å²) in [4.78, 5) is 29.8. The van der Waals surface area contributed by atoms with Gasteiger partial charge in [-0.2, -0.15) is 5.10 Å². The van der Waals surface area contributed by atoms with Gasteiger partial charge in [-0.25, -0.2) is 14.5 Å². The van der Waals surface area contributed by atoms with Crippen molar-refractivity contribution < 1.29 is 14.3 Å². The van der Waals surface area contributed by atoms with Crippen molar-refractivity contribution in [2.75, 3.05) is 11.9 Å². The SMILES string of the molecule is Cc1nn(-c2ccccc2)c(C)c1NC(=O)COC(=O)c1ccc2c(c1)nc(C)n2-c1ccccc1. The smallest absolute Gasteiger partial charge is 0.338 e. The van der Waals surface area contributed by atoms with Crippen LogP contribution in [-0.4, -0.2) is 37.8 Å². The van der Waals surface area contributed by atoms with E-state index < -0.39 is 18.5 Å². The maximum absolute atomic E-state index is 12.7. The Hall–Kier alpha value is -4.72. The van der Waals surface area contributed by atoms with E-state index in [1.807, 2.05) is 92.1 Å². The maximum atomic E-state index is 12.7. The Morgan fingerprint density at radius 1 is 0.889 bits per heavy atom. The fourth-order valence-corrected chi connectivity index (χ4v) is 4.26. The van der Waals surface area contributed by atoms with E-state index >= 15 is 0 Å². The van der Waals surface area contributed by atoms with Crippen LogP contribution in [-0.2, 0) is 9.53 Å². The van der Waals surface area contributed by atoms with Gasteiger partial charge in [-0.05, 0) is 63.2 Å². The normalized spacial score (nSPS) is 11.0. The van der Waals surface area contributed by atoms with E-state index in [0.29, 0.717) is 22.5 Å². The second-order valence-corrected chi connectivity index (χ2v) is 8.45. The quantitative estimate of drug-likeness (QED) is 0.349. The Kier molecular flexibility index (Phi) is 6.08. The molecule has 0 aliphatic carbocycles. The highest BCUT2D eigenvalue weighted by molar-refractivity contribution is 5.97. The number of imidazole rings is 1. The summed E-state index contributed by atoms with van der Waals surface area (Å²) in [6, 6.07) is 24.7. The number of aryl methyl sites for hydroxylation is 2. The zero-order valence-electron chi connectivity index (χ0n) is 20.2. The van der Waals surface area contributed by atoms with Crippen molar-refractivity contribution in [3.63, 3.8) is 0 Å². The number of para-hydroxylation sites is 2. The molecule has 1 amide bonds. The number of benzene rings is 3. The lowest BCUT2D eigenvalue weighted by Gasteiger charge is -2.09. The van der Waals surface area contributed by atoms with Gasteiger partial charge in [0.1, 0.15) is 5.82 Å². The molecule has 36 heavy (non-hydrogen) atoms. The summed E-state index contributed by atoms with van der Waals surface area (Å²) < 4.78 is 9.08. The molecule has 0 bridgehead atoms. The molecule has 5 rings (SSSR count). The number of carbonyl (C=O) groups excluding carboxylic acids is 2. The van der Waals surface area contributed by atoms with Crippen LogP contribution in [0.15, 0.2) is 78.9 Å². The molecule has 5 aromatic rings. The number of esters is 1. The van der Waals surface area contributed by atoms with Crippen molar-refractivity contribution >= 4 is 28.6 Å². The van der Waals surface area contributed by atoms with Crippen LogP contribution in [0.1, 0.15) is 27.6 Å². The van der Waals surface area contributed by atoms with Crippen molar-refractivity contribution in [1.82, 2.24) is 19.3 Å². The van der Waals surface area contributed by atoms with Gasteiger partial charge in [0.15, 0.2) is 6.61 Å². The van der Waals surface area contributed by atoms with Gasteiger partial charge in [0.05, 0.1) is 39.4 Å². The second kappa shape index (κ2) is 9.50. The molecule has 0 aliphatic heterocycles. The molecule has 2 aromatic heterocycles. The first-order valence-electron chi connectivity index (χ1n) is 11.6. The average molecular weight is 480 g/mol. The second-order valence-electron chi connectivity index (χ2n) is 8.45. The van der Waals surface area contributed by atoms with Crippen LogP contribution in [0.2, 0.25) is 0 Å². The molecular weight excluding hydrogens is 454 g/mol.